The summed E-state index contributed by atoms with van der Waals surface area (Å²) in [5.41, 5.74) is 1.47. The van der Waals surface area contributed by atoms with Gasteiger partial charge >= 0.3 is 0 Å². The van der Waals surface area contributed by atoms with Gasteiger partial charge in [-0.15, -0.1) is 0 Å². The first-order chi connectivity index (χ1) is 10.1. The Morgan fingerprint density at radius 2 is 2.00 bits per heavy atom. The number of nitro benzene ring substituents is 1. The molecule has 0 bridgehead atoms. The molecule has 0 atom stereocenters. The smallest absolute Gasteiger partial charge is 0.295 e. The molecule has 0 unspecified atom stereocenters. The van der Waals surface area contributed by atoms with Crippen molar-refractivity contribution in [3.8, 4) is 0 Å². The maximum Gasteiger partial charge on any atom is 0.295 e. The predicted octanol–water partition coefficient (Wildman–Crippen LogP) is 4.13. The zero-order valence-corrected chi connectivity index (χ0v) is 12.1. The molecule has 1 aromatic carbocycles. The summed E-state index contributed by atoms with van der Waals surface area (Å²) in [4.78, 5) is 14.9. The van der Waals surface area contributed by atoms with E-state index in [-0.39, 0.29) is 10.6 Å². The number of hydrogen-bond acceptors (Lipinski definition) is 4. The van der Waals surface area contributed by atoms with Crippen molar-refractivity contribution in [3.63, 3.8) is 0 Å². The van der Waals surface area contributed by atoms with Gasteiger partial charge in [-0.05, 0) is 49.8 Å². The van der Waals surface area contributed by atoms with E-state index in [1.165, 1.54) is 12.8 Å². The summed E-state index contributed by atoms with van der Waals surface area (Å²) in [6, 6.07) is 7.51. The minimum Gasteiger partial charge on any atom is -0.382 e. The van der Waals surface area contributed by atoms with Gasteiger partial charge < -0.3 is 5.32 Å². The van der Waals surface area contributed by atoms with Crippen LogP contribution >= 0.6 is 0 Å². The topological polar surface area (TPSA) is 68.1 Å². The number of rotatable bonds is 3. The van der Waals surface area contributed by atoms with Crippen LogP contribution in [0, 0.1) is 16.0 Å². The third kappa shape index (κ3) is 2.82. The normalized spacial score (nSPS) is 22.1. The van der Waals surface area contributed by atoms with E-state index in [1.807, 2.05) is 12.1 Å². The van der Waals surface area contributed by atoms with Crippen LogP contribution in [0.3, 0.4) is 0 Å². The molecule has 1 fully saturated rings. The fraction of sp³-hybridized carbons (Fsp3) is 0.438. The molecular formula is C16H19N3O2. The monoisotopic (exact) mass is 285 g/mol. The van der Waals surface area contributed by atoms with Gasteiger partial charge in [-0.2, -0.15) is 0 Å². The van der Waals surface area contributed by atoms with Crippen molar-refractivity contribution in [2.75, 3.05) is 5.32 Å². The highest BCUT2D eigenvalue weighted by Crippen LogP contribution is 2.32. The third-order valence-electron chi connectivity index (χ3n) is 4.32. The molecule has 5 nitrogen and oxygen atoms in total. The highest BCUT2D eigenvalue weighted by molar-refractivity contribution is 5.96. The molecule has 0 amide bonds. The second kappa shape index (κ2) is 5.68. The van der Waals surface area contributed by atoms with Crippen LogP contribution < -0.4 is 5.32 Å². The molecule has 1 heterocycles. The Kier molecular flexibility index (Phi) is 3.73. The highest BCUT2D eigenvalue weighted by Gasteiger charge is 2.20. The Morgan fingerprint density at radius 3 is 2.71 bits per heavy atom. The molecule has 1 aromatic heterocycles. The number of nitro groups is 1. The van der Waals surface area contributed by atoms with Crippen LogP contribution in [0.15, 0.2) is 30.5 Å². The predicted molar refractivity (Wildman–Crippen MR) is 83.4 cm³/mol. The van der Waals surface area contributed by atoms with Crippen molar-refractivity contribution in [3.05, 3.63) is 40.6 Å². The second-order valence-corrected chi connectivity index (χ2v) is 5.89. The summed E-state index contributed by atoms with van der Waals surface area (Å²) in [6.07, 6.45) is 6.38. The lowest BCUT2D eigenvalue weighted by atomic mass is 9.87. The second-order valence-electron chi connectivity index (χ2n) is 5.89. The number of pyridine rings is 1. The van der Waals surface area contributed by atoms with Gasteiger partial charge in [0.2, 0.25) is 0 Å². The van der Waals surface area contributed by atoms with Gasteiger partial charge in [-0.3, -0.25) is 10.1 Å². The lowest BCUT2D eigenvalue weighted by Gasteiger charge is -2.28. The summed E-state index contributed by atoms with van der Waals surface area (Å²) in [6.45, 7) is 2.29. The number of benzene rings is 1. The van der Waals surface area contributed by atoms with Crippen molar-refractivity contribution in [1.82, 2.24) is 4.98 Å². The molecule has 21 heavy (non-hydrogen) atoms. The average Bonchev–Trinajstić information content (AvgIpc) is 2.49. The van der Waals surface area contributed by atoms with E-state index in [0.29, 0.717) is 11.6 Å². The number of fused-ring (bicyclic) bond motifs is 1. The first-order valence-corrected chi connectivity index (χ1v) is 7.44. The number of non-ortho nitro benzene ring substituents is 1. The lowest BCUT2D eigenvalue weighted by molar-refractivity contribution is -0.383. The van der Waals surface area contributed by atoms with Crippen molar-refractivity contribution in [2.24, 2.45) is 5.92 Å². The first-order valence-electron chi connectivity index (χ1n) is 7.44. The summed E-state index contributed by atoms with van der Waals surface area (Å²) < 4.78 is 0. The van der Waals surface area contributed by atoms with Crippen LogP contribution in [0.25, 0.3) is 10.9 Å². The van der Waals surface area contributed by atoms with Crippen LogP contribution in [-0.4, -0.2) is 15.9 Å². The molecule has 2 aromatic rings. The Balaban J connectivity index is 1.93. The maximum atomic E-state index is 11.1. The standard InChI is InChI=1S/C16H19N3O2/c1-11-4-6-12(7-5-11)18-14-8-9-15(19(20)21)16-13(14)3-2-10-17-16/h2-3,8-12,18H,4-7H2,1H3. The molecule has 0 radical (unpaired) electrons. The Labute approximate surface area is 123 Å². The Morgan fingerprint density at radius 1 is 1.24 bits per heavy atom. The summed E-state index contributed by atoms with van der Waals surface area (Å²) in [5, 5.41) is 15.5. The molecule has 1 N–H and O–H groups in total. The van der Waals surface area contributed by atoms with Gasteiger partial charge in [-0.1, -0.05) is 6.92 Å². The molecule has 5 heteroatoms. The molecule has 1 aliphatic rings. The quantitative estimate of drug-likeness (QED) is 0.680. The van der Waals surface area contributed by atoms with E-state index in [4.69, 9.17) is 0 Å². The number of nitrogens with one attached hydrogen (secondary N) is 1. The van der Waals surface area contributed by atoms with E-state index in [0.717, 1.165) is 29.8 Å². The van der Waals surface area contributed by atoms with Crippen LogP contribution in [0.1, 0.15) is 32.6 Å². The SMILES string of the molecule is CC1CCC(Nc2ccc([N+](=O)[O-])c3ncccc23)CC1. The largest absolute Gasteiger partial charge is 0.382 e. The van der Waals surface area contributed by atoms with E-state index in [2.05, 4.69) is 17.2 Å². The Bertz CT molecular complexity index is 664. The number of hydrogen-bond donors (Lipinski definition) is 1. The molecular weight excluding hydrogens is 266 g/mol. The number of anilines is 1. The minimum absolute atomic E-state index is 0.0633. The van der Waals surface area contributed by atoms with E-state index < -0.39 is 0 Å². The van der Waals surface area contributed by atoms with Crippen molar-refractivity contribution >= 4 is 22.3 Å². The average molecular weight is 285 g/mol. The molecule has 1 saturated carbocycles. The van der Waals surface area contributed by atoms with Gasteiger partial charge in [0.25, 0.3) is 5.69 Å². The number of nitrogens with zero attached hydrogens (tertiary/aromatic N) is 2. The van der Waals surface area contributed by atoms with Crippen molar-refractivity contribution in [1.29, 1.82) is 0 Å². The first kappa shape index (κ1) is 13.8. The molecule has 110 valence electrons. The zero-order chi connectivity index (χ0) is 14.8. The van der Waals surface area contributed by atoms with E-state index in [1.54, 1.807) is 18.3 Å². The van der Waals surface area contributed by atoms with E-state index in [9.17, 15) is 10.1 Å². The summed E-state index contributed by atoms with van der Waals surface area (Å²) >= 11 is 0. The molecule has 0 spiro atoms. The zero-order valence-electron chi connectivity index (χ0n) is 12.1. The van der Waals surface area contributed by atoms with Crippen LogP contribution in [0.4, 0.5) is 11.4 Å². The lowest BCUT2D eigenvalue weighted by Crippen LogP contribution is -2.25. The highest BCUT2D eigenvalue weighted by atomic mass is 16.6. The third-order valence-corrected chi connectivity index (χ3v) is 4.32. The summed E-state index contributed by atoms with van der Waals surface area (Å²) in [5.74, 6) is 0.804. The van der Waals surface area contributed by atoms with Crippen LogP contribution in [0.5, 0.6) is 0 Å². The van der Waals surface area contributed by atoms with Crippen LogP contribution in [0.2, 0.25) is 0 Å². The van der Waals surface area contributed by atoms with Crippen LogP contribution in [-0.2, 0) is 0 Å². The van der Waals surface area contributed by atoms with Gasteiger partial charge in [0.05, 0.1) is 4.92 Å². The minimum atomic E-state index is -0.374. The molecule has 1 aliphatic carbocycles. The van der Waals surface area contributed by atoms with Gasteiger partial charge in [0.15, 0.2) is 0 Å². The Hall–Kier alpha value is -2.17. The van der Waals surface area contributed by atoms with Gasteiger partial charge in [0, 0.05) is 29.4 Å². The van der Waals surface area contributed by atoms with Crippen molar-refractivity contribution in [2.45, 2.75) is 38.6 Å². The fourth-order valence-corrected chi connectivity index (χ4v) is 3.06. The van der Waals surface area contributed by atoms with Gasteiger partial charge in [0.1, 0.15) is 5.52 Å². The summed E-state index contributed by atoms with van der Waals surface area (Å²) in [7, 11) is 0. The number of aromatic nitrogens is 1. The van der Waals surface area contributed by atoms with E-state index >= 15 is 0 Å². The van der Waals surface area contributed by atoms with Crippen molar-refractivity contribution < 1.29 is 4.92 Å². The molecule has 0 aliphatic heterocycles. The maximum absolute atomic E-state index is 11.1. The molecule has 3 rings (SSSR count). The molecule has 0 saturated heterocycles. The van der Waals surface area contributed by atoms with Gasteiger partial charge in [-0.25, -0.2) is 4.98 Å². The fourth-order valence-electron chi connectivity index (χ4n) is 3.06.